The molecule has 1 aromatic heterocycles. The largest absolute Gasteiger partial charge is 0.459 e. The maximum Gasteiger partial charge on any atom is 0.329 e. The lowest BCUT2D eigenvalue weighted by atomic mass is 10.0. The number of aromatic amines is 1. The monoisotopic (exact) mass is 468 g/mol. The topological polar surface area (TPSA) is 71.2 Å². The summed E-state index contributed by atoms with van der Waals surface area (Å²) in [6, 6.07) is 15.6. The molecule has 1 amide bonds. The summed E-state index contributed by atoms with van der Waals surface area (Å²) in [4.78, 5) is 28.8. The van der Waals surface area contributed by atoms with Crippen molar-refractivity contribution in [2.24, 2.45) is 0 Å². The summed E-state index contributed by atoms with van der Waals surface area (Å²) >= 11 is 6.01. The van der Waals surface area contributed by atoms with Crippen LogP contribution in [0.3, 0.4) is 0 Å². The number of hydrogen-bond acceptors (Lipinski definition) is 3. The van der Waals surface area contributed by atoms with Crippen LogP contribution in [0.4, 0.5) is 8.78 Å². The van der Waals surface area contributed by atoms with Gasteiger partial charge in [0, 0.05) is 34.6 Å². The second-order valence-electron chi connectivity index (χ2n) is 7.40. The van der Waals surface area contributed by atoms with Gasteiger partial charge in [-0.1, -0.05) is 35.9 Å². The third-order valence-electron chi connectivity index (χ3n) is 5.22. The molecule has 0 saturated heterocycles. The molecule has 4 aromatic rings. The van der Waals surface area contributed by atoms with E-state index in [0.717, 1.165) is 28.6 Å². The van der Waals surface area contributed by atoms with Crippen LogP contribution in [-0.4, -0.2) is 22.9 Å². The van der Waals surface area contributed by atoms with E-state index in [4.69, 9.17) is 16.3 Å². The van der Waals surface area contributed by atoms with E-state index in [1.54, 1.807) is 6.20 Å². The average molecular weight is 469 g/mol. The molecular weight excluding hydrogens is 450 g/mol. The van der Waals surface area contributed by atoms with Gasteiger partial charge in [-0.05, 0) is 48.0 Å². The SMILES string of the molecule is O=C(NC(Cc1c[nH]c2ccccc12)C(=O)OCc1c(F)cccc1Cl)c1ccc(F)cc1. The number of ether oxygens (including phenoxy) is 1. The number of amides is 1. The molecule has 1 unspecified atom stereocenters. The number of H-pyrrole nitrogens is 1. The molecule has 1 heterocycles. The number of halogens is 3. The molecule has 0 spiro atoms. The number of para-hydroxylation sites is 1. The number of esters is 1. The lowest BCUT2D eigenvalue weighted by Gasteiger charge is -2.18. The van der Waals surface area contributed by atoms with Gasteiger partial charge in [0.15, 0.2) is 0 Å². The lowest BCUT2D eigenvalue weighted by molar-refractivity contribution is -0.147. The van der Waals surface area contributed by atoms with Gasteiger partial charge in [-0.25, -0.2) is 13.6 Å². The standard InChI is InChI=1S/C25H19ClF2N2O3/c26-20-5-3-6-21(28)19(20)14-33-25(32)23(30-24(31)15-8-10-17(27)11-9-15)12-16-13-29-22-7-2-1-4-18(16)22/h1-11,13,23,29H,12,14H2,(H,30,31). The van der Waals surface area contributed by atoms with Gasteiger partial charge in [-0.15, -0.1) is 0 Å². The van der Waals surface area contributed by atoms with E-state index < -0.39 is 29.6 Å². The number of benzene rings is 3. The van der Waals surface area contributed by atoms with Gasteiger partial charge in [0.05, 0.1) is 5.02 Å². The van der Waals surface area contributed by atoms with E-state index >= 15 is 0 Å². The Morgan fingerprint density at radius 2 is 1.76 bits per heavy atom. The number of hydrogen-bond donors (Lipinski definition) is 2. The fraction of sp³-hybridized carbons (Fsp3) is 0.120. The van der Waals surface area contributed by atoms with Crippen molar-refractivity contribution in [3.8, 4) is 0 Å². The number of rotatable bonds is 7. The molecule has 4 rings (SSSR count). The average Bonchev–Trinajstić information content (AvgIpc) is 3.21. The summed E-state index contributed by atoms with van der Waals surface area (Å²) < 4.78 is 32.6. The minimum atomic E-state index is -1.08. The van der Waals surface area contributed by atoms with Crippen LogP contribution in [0, 0.1) is 11.6 Å². The van der Waals surface area contributed by atoms with Crippen molar-refractivity contribution >= 4 is 34.4 Å². The van der Waals surface area contributed by atoms with Crippen molar-refractivity contribution in [2.45, 2.75) is 19.1 Å². The van der Waals surface area contributed by atoms with E-state index in [9.17, 15) is 18.4 Å². The van der Waals surface area contributed by atoms with Gasteiger partial charge in [-0.3, -0.25) is 4.79 Å². The Kier molecular flexibility index (Phi) is 6.70. The van der Waals surface area contributed by atoms with E-state index in [-0.39, 0.29) is 29.2 Å². The Morgan fingerprint density at radius 3 is 2.52 bits per heavy atom. The molecule has 2 N–H and O–H groups in total. The molecule has 3 aromatic carbocycles. The van der Waals surface area contributed by atoms with Crippen LogP contribution < -0.4 is 5.32 Å². The summed E-state index contributed by atoms with van der Waals surface area (Å²) in [7, 11) is 0. The minimum absolute atomic E-state index is 0.0447. The molecule has 8 heteroatoms. The Bertz CT molecular complexity index is 1280. The third kappa shape index (κ3) is 5.21. The van der Waals surface area contributed by atoms with Crippen LogP contribution in [0.1, 0.15) is 21.5 Å². The Labute approximate surface area is 193 Å². The van der Waals surface area contributed by atoms with E-state index in [0.29, 0.717) is 0 Å². The molecule has 0 fully saturated rings. The van der Waals surface area contributed by atoms with Crippen LogP contribution in [0.2, 0.25) is 5.02 Å². The Balaban J connectivity index is 1.56. The van der Waals surface area contributed by atoms with Gasteiger partial charge in [-0.2, -0.15) is 0 Å². The van der Waals surface area contributed by atoms with Crippen LogP contribution >= 0.6 is 11.6 Å². The van der Waals surface area contributed by atoms with Crippen molar-refractivity contribution in [3.63, 3.8) is 0 Å². The quantitative estimate of drug-likeness (QED) is 0.367. The molecule has 33 heavy (non-hydrogen) atoms. The van der Waals surface area contributed by atoms with E-state index in [2.05, 4.69) is 10.3 Å². The van der Waals surface area contributed by atoms with Crippen LogP contribution in [0.25, 0.3) is 10.9 Å². The molecular formula is C25H19ClF2N2O3. The Hall–Kier alpha value is -3.71. The molecule has 0 aliphatic rings. The van der Waals surface area contributed by atoms with E-state index in [1.807, 2.05) is 24.3 Å². The highest BCUT2D eigenvalue weighted by atomic mass is 35.5. The van der Waals surface area contributed by atoms with Crippen molar-refractivity contribution in [3.05, 3.63) is 106 Å². The number of aromatic nitrogens is 1. The fourth-order valence-electron chi connectivity index (χ4n) is 3.47. The molecule has 168 valence electrons. The lowest BCUT2D eigenvalue weighted by Crippen LogP contribution is -2.43. The highest BCUT2D eigenvalue weighted by Crippen LogP contribution is 2.22. The maximum absolute atomic E-state index is 14.1. The fourth-order valence-corrected chi connectivity index (χ4v) is 3.69. The maximum atomic E-state index is 14.1. The van der Waals surface area contributed by atoms with Crippen molar-refractivity contribution in [2.75, 3.05) is 0 Å². The number of carbonyl (C=O) groups excluding carboxylic acids is 2. The molecule has 0 aliphatic heterocycles. The summed E-state index contributed by atoms with van der Waals surface area (Å²) in [5.41, 5.74) is 1.90. The number of carbonyl (C=O) groups is 2. The Morgan fingerprint density at radius 1 is 1.00 bits per heavy atom. The number of nitrogens with one attached hydrogen (secondary N) is 2. The molecule has 0 saturated carbocycles. The predicted molar refractivity (Wildman–Crippen MR) is 121 cm³/mol. The first kappa shape index (κ1) is 22.5. The zero-order valence-corrected chi connectivity index (χ0v) is 18.0. The third-order valence-corrected chi connectivity index (χ3v) is 5.57. The molecule has 0 aliphatic carbocycles. The van der Waals surface area contributed by atoms with Gasteiger partial charge < -0.3 is 15.0 Å². The normalized spacial score (nSPS) is 11.8. The zero-order chi connectivity index (χ0) is 23.4. The second-order valence-corrected chi connectivity index (χ2v) is 7.81. The zero-order valence-electron chi connectivity index (χ0n) is 17.3. The van der Waals surface area contributed by atoms with Gasteiger partial charge in [0.25, 0.3) is 5.91 Å². The van der Waals surface area contributed by atoms with Gasteiger partial charge >= 0.3 is 5.97 Å². The second kappa shape index (κ2) is 9.83. The molecule has 5 nitrogen and oxygen atoms in total. The summed E-state index contributed by atoms with van der Waals surface area (Å²) in [6.07, 6.45) is 1.88. The van der Waals surface area contributed by atoms with Gasteiger partial charge in [0.2, 0.25) is 0 Å². The summed E-state index contributed by atoms with van der Waals surface area (Å²) in [6.45, 7) is -0.388. The van der Waals surface area contributed by atoms with Gasteiger partial charge in [0.1, 0.15) is 24.3 Å². The molecule has 1 atom stereocenters. The minimum Gasteiger partial charge on any atom is -0.459 e. The molecule has 0 radical (unpaired) electrons. The van der Waals surface area contributed by atoms with Crippen molar-refractivity contribution < 1.29 is 23.1 Å². The summed E-state index contributed by atoms with van der Waals surface area (Å²) in [5.74, 6) is -2.40. The number of fused-ring (bicyclic) bond motifs is 1. The first-order chi connectivity index (χ1) is 15.9. The predicted octanol–water partition coefficient (Wildman–Crippen LogP) is 5.18. The smallest absolute Gasteiger partial charge is 0.329 e. The van der Waals surface area contributed by atoms with Crippen LogP contribution in [0.15, 0.2) is 72.9 Å². The highest BCUT2D eigenvalue weighted by molar-refractivity contribution is 6.31. The van der Waals surface area contributed by atoms with Crippen molar-refractivity contribution in [1.29, 1.82) is 0 Å². The van der Waals surface area contributed by atoms with Crippen LogP contribution in [-0.2, 0) is 22.6 Å². The van der Waals surface area contributed by atoms with E-state index in [1.165, 1.54) is 30.3 Å². The summed E-state index contributed by atoms with van der Waals surface area (Å²) in [5, 5.41) is 3.67. The van der Waals surface area contributed by atoms with Crippen LogP contribution in [0.5, 0.6) is 0 Å². The van der Waals surface area contributed by atoms with Crippen molar-refractivity contribution in [1.82, 2.24) is 10.3 Å². The first-order valence-corrected chi connectivity index (χ1v) is 10.5. The molecule has 0 bridgehead atoms. The first-order valence-electron chi connectivity index (χ1n) is 10.1. The highest BCUT2D eigenvalue weighted by Gasteiger charge is 2.25.